The Morgan fingerprint density at radius 3 is 2.69 bits per heavy atom. The van der Waals surface area contributed by atoms with Gasteiger partial charge in [0, 0.05) is 6.42 Å². The van der Waals surface area contributed by atoms with E-state index in [0.717, 1.165) is 6.07 Å². The lowest BCUT2D eigenvalue weighted by Crippen LogP contribution is -2.49. The number of rotatable bonds is 3. The third-order valence-corrected chi connectivity index (χ3v) is 4.19. The summed E-state index contributed by atoms with van der Waals surface area (Å²) in [6.45, 7) is 1.44. The van der Waals surface area contributed by atoms with Crippen LogP contribution in [0, 0.1) is 5.82 Å². The van der Waals surface area contributed by atoms with Crippen LogP contribution in [-0.4, -0.2) is 30.6 Å². The van der Waals surface area contributed by atoms with Crippen LogP contribution in [0.2, 0.25) is 0 Å². The van der Waals surface area contributed by atoms with Gasteiger partial charge < -0.3 is 14.8 Å². The van der Waals surface area contributed by atoms with E-state index >= 15 is 0 Å². The molecule has 0 saturated carbocycles. The van der Waals surface area contributed by atoms with E-state index in [1.165, 1.54) is 38.3 Å². The van der Waals surface area contributed by atoms with Gasteiger partial charge in [-0.15, -0.1) is 0 Å². The van der Waals surface area contributed by atoms with Gasteiger partial charge >= 0.3 is 11.9 Å². The lowest BCUT2D eigenvalue weighted by Gasteiger charge is -2.33. The van der Waals surface area contributed by atoms with Crippen molar-refractivity contribution in [2.75, 3.05) is 12.4 Å². The van der Waals surface area contributed by atoms with Crippen LogP contribution in [0.15, 0.2) is 42.5 Å². The van der Waals surface area contributed by atoms with Crippen molar-refractivity contribution in [3.05, 3.63) is 65.0 Å². The molecule has 0 aromatic heterocycles. The summed E-state index contributed by atoms with van der Waals surface area (Å²) in [5.41, 5.74) is -0.528. The predicted molar refractivity (Wildman–Crippen MR) is 90.3 cm³/mol. The summed E-state index contributed by atoms with van der Waals surface area (Å²) < 4.78 is 23.5. The van der Waals surface area contributed by atoms with Gasteiger partial charge in [-0.1, -0.05) is 12.1 Å². The van der Waals surface area contributed by atoms with E-state index in [1.54, 1.807) is 12.1 Å². The Kier molecular flexibility index (Phi) is 4.46. The first-order valence-electron chi connectivity index (χ1n) is 7.84. The highest BCUT2D eigenvalue weighted by Gasteiger charge is 2.43. The molecule has 1 unspecified atom stereocenters. The third-order valence-electron chi connectivity index (χ3n) is 4.19. The summed E-state index contributed by atoms with van der Waals surface area (Å²) in [5, 5.41) is 2.59. The highest BCUT2D eigenvalue weighted by Crippen LogP contribution is 2.30. The van der Waals surface area contributed by atoms with Gasteiger partial charge in [0.15, 0.2) is 5.60 Å². The van der Waals surface area contributed by atoms with Gasteiger partial charge in [-0.25, -0.2) is 14.0 Å². The molecule has 3 rings (SSSR count). The number of cyclic esters (lactones) is 1. The van der Waals surface area contributed by atoms with Crippen LogP contribution >= 0.6 is 0 Å². The van der Waals surface area contributed by atoms with E-state index in [9.17, 15) is 18.8 Å². The number of methoxy groups -OCH3 is 1. The Morgan fingerprint density at radius 1 is 1.23 bits per heavy atom. The minimum absolute atomic E-state index is 0.0120. The van der Waals surface area contributed by atoms with Crippen molar-refractivity contribution in [3.8, 4) is 0 Å². The predicted octanol–water partition coefficient (Wildman–Crippen LogP) is 2.72. The Bertz CT molecular complexity index is 911. The molecule has 2 aromatic rings. The molecule has 6 nitrogen and oxygen atoms in total. The number of esters is 2. The normalized spacial score (nSPS) is 18.5. The average molecular weight is 357 g/mol. The van der Waals surface area contributed by atoms with Crippen molar-refractivity contribution in [2.24, 2.45) is 0 Å². The second-order valence-corrected chi connectivity index (χ2v) is 6.09. The number of hydrogen-bond donors (Lipinski definition) is 1. The van der Waals surface area contributed by atoms with E-state index < -0.39 is 29.3 Å². The first kappa shape index (κ1) is 17.6. The molecule has 1 heterocycles. The fourth-order valence-corrected chi connectivity index (χ4v) is 2.83. The standard InChI is InChI=1S/C19H16FNO5/c1-19(10-11-9-12(20)7-8-13(11)17(23)26-19)18(24)21-15-6-4-3-5-14(15)16(22)25-2/h3-9H,10H2,1-2H3,(H,21,24). The summed E-state index contributed by atoms with van der Waals surface area (Å²) >= 11 is 0. The second kappa shape index (κ2) is 6.59. The molecule has 1 amide bonds. The van der Waals surface area contributed by atoms with Gasteiger partial charge in [0.2, 0.25) is 0 Å². The van der Waals surface area contributed by atoms with Crippen LogP contribution in [-0.2, 0) is 20.7 Å². The van der Waals surface area contributed by atoms with Gasteiger partial charge in [0.25, 0.3) is 5.91 Å². The number of para-hydroxylation sites is 1. The maximum absolute atomic E-state index is 13.5. The van der Waals surface area contributed by atoms with E-state index in [-0.39, 0.29) is 23.2 Å². The molecule has 0 fully saturated rings. The number of carbonyl (C=O) groups is 3. The van der Waals surface area contributed by atoms with E-state index in [4.69, 9.17) is 4.74 Å². The van der Waals surface area contributed by atoms with Crippen LogP contribution in [0.1, 0.15) is 33.2 Å². The number of amides is 1. The molecule has 134 valence electrons. The van der Waals surface area contributed by atoms with Gasteiger partial charge in [-0.3, -0.25) is 4.79 Å². The number of fused-ring (bicyclic) bond motifs is 1. The molecule has 0 bridgehead atoms. The van der Waals surface area contributed by atoms with Gasteiger partial charge in [0.1, 0.15) is 5.82 Å². The largest absolute Gasteiger partial charge is 0.465 e. The van der Waals surface area contributed by atoms with Gasteiger partial charge in [-0.05, 0) is 42.8 Å². The van der Waals surface area contributed by atoms with Crippen molar-refractivity contribution in [3.63, 3.8) is 0 Å². The zero-order valence-corrected chi connectivity index (χ0v) is 14.2. The third kappa shape index (κ3) is 3.15. The molecule has 0 spiro atoms. The van der Waals surface area contributed by atoms with E-state index in [0.29, 0.717) is 5.56 Å². The molecule has 1 aliphatic rings. The molecule has 1 N–H and O–H groups in total. The first-order valence-corrected chi connectivity index (χ1v) is 7.84. The van der Waals surface area contributed by atoms with Crippen molar-refractivity contribution in [2.45, 2.75) is 18.9 Å². The molecule has 1 aliphatic heterocycles. The molecular weight excluding hydrogens is 341 g/mol. The van der Waals surface area contributed by atoms with Crippen LogP contribution in [0.25, 0.3) is 0 Å². The number of benzene rings is 2. The number of carbonyl (C=O) groups excluding carboxylic acids is 3. The van der Waals surface area contributed by atoms with Crippen LogP contribution in [0.3, 0.4) is 0 Å². The lowest BCUT2D eigenvalue weighted by atomic mass is 9.89. The monoisotopic (exact) mass is 357 g/mol. The topological polar surface area (TPSA) is 81.7 Å². The fourth-order valence-electron chi connectivity index (χ4n) is 2.83. The summed E-state index contributed by atoms with van der Waals surface area (Å²) in [5.74, 6) is -2.45. The van der Waals surface area contributed by atoms with E-state index in [2.05, 4.69) is 10.1 Å². The van der Waals surface area contributed by atoms with Crippen molar-refractivity contribution >= 4 is 23.5 Å². The Balaban J connectivity index is 1.89. The van der Waals surface area contributed by atoms with Crippen molar-refractivity contribution in [1.29, 1.82) is 0 Å². The molecule has 0 radical (unpaired) electrons. The Labute approximate surface area is 148 Å². The van der Waals surface area contributed by atoms with Crippen LogP contribution in [0.5, 0.6) is 0 Å². The van der Waals surface area contributed by atoms with Crippen LogP contribution in [0.4, 0.5) is 10.1 Å². The second-order valence-electron chi connectivity index (χ2n) is 6.09. The fraction of sp³-hybridized carbons (Fsp3) is 0.211. The maximum atomic E-state index is 13.5. The summed E-state index contributed by atoms with van der Waals surface area (Å²) in [6, 6.07) is 10.0. The number of hydrogen-bond acceptors (Lipinski definition) is 5. The molecule has 1 atom stereocenters. The highest BCUT2D eigenvalue weighted by atomic mass is 19.1. The smallest absolute Gasteiger partial charge is 0.339 e. The van der Waals surface area contributed by atoms with Crippen molar-refractivity contribution < 1.29 is 28.2 Å². The lowest BCUT2D eigenvalue weighted by molar-refractivity contribution is -0.134. The molecule has 0 saturated heterocycles. The minimum atomic E-state index is -1.54. The SMILES string of the molecule is COC(=O)c1ccccc1NC(=O)C1(C)Cc2cc(F)ccc2C(=O)O1. The number of nitrogens with one attached hydrogen (secondary N) is 1. The summed E-state index contributed by atoms with van der Waals surface area (Å²) in [6.07, 6.45) is 0.0120. The minimum Gasteiger partial charge on any atom is -0.465 e. The maximum Gasteiger partial charge on any atom is 0.339 e. The Morgan fingerprint density at radius 2 is 1.96 bits per heavy atom. The summed E-state index contributed by atoms with van der Waals surface area (Å²) in [7, 11) is 1.23. The molecule has 7 heteroatoms. The Hall–Kier alpha value is -3.22. The number of halogens is 1. The molecule has 26 heavy (non-hydrogen) atoms. The number of ether oxygens (including phenoxy) is 2. The van der Waals surface area contributed by atoms with Crippen molar-refractivity contribution in [1.82, 2.24) is 0 Å². The highest BCUT2D eigenvalue weighted by molar-refractivity contribution is 6.06. The molecular formula is C19H16FNO5. The first-order chi connectivity index (χ1) is 12.3. The molecule has 0 aliphatic carbocycles. The number of anilines is 1. The van der Waals surface area contributed by atoms with Gasteiger partial charge in [-0.2, -0.15) is 0 Å². The quantitative estimate of drug-likeness (QED) is 0.854. The average Bonchev–Trinajstić information content (AvgIpc) is 2.61. The van der Waals surface area contributed by atoms with Crippen LogP contribution < -0.4 is 5.32 Å². The molecule has 2 aromatic carbocycles. The van der Waals surface area contributed by atoms with Gasteiger partial charge in [0.05, 0.1) is 23.9 Å². The van der Waals surface area contributed by atoms with E-state index in [1.807, 2.05) is 0 Å². The zero-order valence-electron chi connectivity index (χ0n) is 14.2. The summed E-state index contributed by atoms with van der Waals surface area (Å²) in [4.78, 5) is 36.8. The zero-order chi connectivity index (χ0) is 18.9.